The van der Waals surface area contributed by atoms with E-state index in [4.69, 9.17) is 0 Å². The van der Waals surface area contributed by atoms with Gasteiger partial charge in [-0.05, 0) is 38.8 Å². The Balaban J connectivity index is 0.00000220. The number of carbonyl (C=O) groups excluding carboxylic acids is 1. The lowest BCUT2D eigenvalue weighted by Crippen LogP contribution is -2.49. The molecule has 2 fully saturated rings. The Kier molecular flexibility index (Phi) is 12.4. The monoisotopic (exact) mass is 353 g/mol. The van der Waals surface area contributed by atoms with Crippen LogP contribution in [0.3, 0.4) is 0 Å². The van der Waals surface area contributed by atoms with Gasteiger partial charge in [0.1, 0.15) is 0 Å². The third-order valence-corrected chi connectivity index (χ3v) is 4.78. The molecule has 0 spiro atoms. The van der Waals surface area contributed by atoms with Crippen molar-refractivity contribution < 1.29 is 4.79 Å². The molecule has 1 saturated carbocycles. The van der Waals surface area contributed by atoms with Crippen LogP contribution in [-0.2, 0) is 4.79 Å². The van der Waals surface area contributed by atoms with E-state index < -0.39 is 0 Å². The predicted octanol–water partition coefficient (Wildman–Crippen LogP) is 2.55. The van der Waals surface area contributed by atoms with E-state index in [-0.39, 0.29) is 24.8 Å². The molecular formula is C16H33Cl2N3O. The molecule has 132 valence electrons. The molecule has 0 radical (unpaired) electrons. The third kappa shape index (κ3) is 7.49. The summed E-state index contributed by atoms with van der Waals surface area (Å²) in [6.45, 7) is 6.23. The van der Waals surface area contributed by atoms with Crippen molar-refractivity contribution in [3.8, 4) is 0 Å². The van der Waals surface area contributed by atoms with Gasteiger partial charge in [-0.15, -0.1) is 24.8 Å². The fraction of sp³-hybridized carbons (Fsp3) is 0.938. The second-order valence-corrected chi connectivity index (χ2v) is 6.39. The van der Waals surface area contributed by atoms with Crippen molar-refractivity contribution in [2.45, 2.75) is 44.9 Å². The minimum absolute atomic E-state index is 0. The van der Waals surface area contributed by atoms with Crippen LogP contribution in [-0.4, -0.2) is 62.0 Å². The topological polar surface area (TPSA) is 35.6 Å². The molecule has 0 aromatic heterocycles. The molecule has 1 aliphatic heterocycles. The van der Waals surface area contributed by atoms with Crippen LogP contribution in [0.5, 0.6) is 0 Å². The second kappa shape index (κ2) is 12.4. The van der Waals surface area contributed by atoms with Crippen LogP contribution in [0.15, 0.2) is 0 Å². The molecule has 0 unspecified atom stereocenters. The highest BCUT2D eigenvalue weighted by Gasteiger charge is 2.23. The standard InChI is InChI=1S/C16H31N3O.2ClH/c1-17-9-5-8-16(20)19-12-10-18(11-13-19)14-15-6-3-2-4-7-15;;/h15,17H,2-14H2,1H3;2*1H. The Hall–Kier alpha value is -0.0300. The summed E-state index contributed by atoms with van der Waals surface area (Å²) in [7, 11) is 1.94. The van der Waals surface area contributed by atoms with Gasteiger partial charge >= 0.3 is 0 Å². The number of amides is 1. The van der Waals surface area contributed by atoms with Crippen molar-refractivity contribution in [1.82, 2.24) is 15.1 Å². The Morgan fingerprint density at radius 3 is 2.27 bits per heavy atom. The maximum Gasteiger partial charge on any atom is 0.222 e. The van der Waals surface area contributed by atoms with Crippen molar-refractivity contribution in [3.05, 3.63) is 0 Å². The molecule has 0 bridgehead atoms. The molecule has 22 heavy (non-hydrogen) atoms. The van der Waals surface area contributed by atoms with Gasteiger partial charge in [0.2, 0.25) is 5.91 Å². The van der Waals surface area contributed by atoms with Gasteiger partial charge in [0.15, 0.2) is 0 Å². The van der Waals surface area contributed by atoms with Gasteiger partial charge in [0.05, 0.1) is 0 Å². The molecule has 1 heterocycles. The van der Waals surface area contributed by atoms with Crippen LogP contribution >= 0.6 is 24.8 Å². The second-order valence-electron chi connectivity index (χ2n) is 6.39. The van der Waals surface area contributed by atoms with Crippen molar-refractivity contribution in [2.75, 3.05) is 46.3 Å². The summed E-state index contributed by atoms with van der Waals surface area (Å²) in [6, 6.07) is 0. The highest BCUT2D eigenvalue weighted by Crippen LogP contribution is 2.24. The van der Waals surface area contributed by atoms with Gasteiger partial charge in [-0.2, -0.15) is 0 Å². The minimum atomic E-state index is 0. The number of nitrogens with one attached hydrogen (secondary N) is 1. The van der Waals surface area contributed by atoms with Gasteiger partial charge in [0, 0.05) is 39.1 Å². The summed E-state index contributed by atoms with van der Waals surface area (Å²) in [6.07, 6.45) is 8.78. The largest absolute Gasteiger partial charge is 0.340 e. The quantitative estimate of drug-likeness (QED) is 0.745. The van der Waals surface area contributed by atoms with Crippen LogP contribution in [0.25, 0.3) is 0 Å². The first-order valence-corrected chi connectivity index (χ1v) is 8.44. The normalized spacial score (nSPS) is 20.1. The van der Waals surface area contributed by atoms with E-state index in [2.05, 4.69) is 15.1 Å². The fourth-order valence-electron chi connectivity index (χ4n) is 3.49. The molecule has 1 saturated heterocycles. The average molecular weight is 354 g/mol. The van der Waals surface area contributed by atoms with E-state index in [9.17, 15) is 4.79 Å². The summed E-state index contributed by atoms with van der Waals surface area (Å²) in [5, 5.41) is 3.10. The molecule has 0 aromatic rings. The van der Waals surface area contributed by atoms with E-state index in [1.807, 2.05) is 7.05 Å². The molecule has 1 aliphatic carbocycles. The first-order chi connectivity index (χ1) is 9.79. The molecule has 6 heteroatoms. The summed E-state index contributed by atoms with van der Waals surface area (Å²) >= 11 is 0. The molecule has 4 nitrogen and oxygen atoms in total. The molecule has 0 aromatic carbocycles. The maximum absolute atomic E-state index is 12.0. The van der Waals surface area contributed by atoms with E-state index in [0.717, 1.165) is 45.1 Å². The summed E-state index contributed by atoms with van der Waals surface area (Å²) in [4.78, 5) is 16.7. The third-order valence-electron chi connectivity index (χ3n) is 4.78. The number of hydrogen-bond acceptors (Lipinski definition) is 3. The number of piperazine rings is 1. The number of rotatable bonds is 6. The Morgan fingerprint density at radius 2 is 1.68 bits per heavy atom. The predicted molar refractivity (Wildman–Crippen MR) is 97.3 cm³/mol. The Labute approximate surface area is 148 Å². The van der Waals surface area contributed by atoms with Crippen LogP contribution in [0, 0.1) is 5.92 Å². The lowest BCUT2D eigenvalue weighted by molar-refractivity contribution is -0.133. The lowest BCUT2D eigenvalue weighted by atomic mass is 9.89. The molecule has 0 atom stereocenters. The van der Waals surface area contributed by atoms with Gasteiger partial charge < -0.3 is 10.2 Å². The van der Waals surface area contributed by atoms with Crippen LogP contribution < -0.4 is 5.32 Å². The summed E-state index contributed by atoms with van der Waals surface area (Å²) < 4.78 is 0. The van der Waals surface area contributed by atoms with Gasteiger partial charge in [-0.1, -0.05) is 19.3 Å². The molecule has 2 rings (SSSR count). The van der Waals surface area contributed by atoms with Crippen LogP contribution in [0.2, 0.25) is 0 Å². The zero-order valence-corrected chi connectivity index (χ0v) is 15.5. The number of carbonyl (C=O) groups is 1. The lowest BCUT2D eigenvalue weighted by Gasteiger charge is -2.37. The fourth-order valence-corrected chi connectivity index (χ4v) is 3.49. The van der Waals surface area contributed by atoms with Crippen LogP contribution in [0.4, 0.5) is 0 Å². The summed E-state index contributed by atoms with van der Waals surface area (Å²) in [5.41, 5.74) is 0. The van der Waals surface area contributed by atoms with E-state index >= 15 is 0 Å². The zero-order valence-electron chi connectivity index (χ0n) is 13.9. The maximum atomic E-state index is 12.0. The average Bonchev–Trinajstić information content (AvgIpc) is 2.49. The van der Waals surface area contributed by atoms with Crippen molar-refractivity contribution >= 4 is 30.7 Å². The first-order valence-electron chi connectivity index (χ1n) is 8.44. The van der Waals surface area contributed by atoms with Crippen molar-refractivity contribution in [1.29, 1.82) is 0 Å². The highest BCUT2D eigenvalue weighted by atomic mass is 35.5. The Morgan fingerprint density at radius 1 is 1.05 bits per heavy atom. The van der Waals surface area contributed by atoms with Crippen molar-refractivity contribution in [3.63, 3.8) is 0 Å². The van der Waals surface area contributed by atoms with Gasteiger partial charge in [0.25, 0.3) is 0 Å². The van der Waals surface area contributed by atoms with Gasteiger partial charge in [-0.3, -0.25) is 9.69 Å². The van der Waals surface area contributed by atoms with E-state index in [1.54, 1.807) is 0 Å². The van der Waals surface area contributed by atoms with E-state index in [1.165, 1.54) is 38.6 Å². The van der Waals surface area contributed by atoms with E-state index in [0.29, 0.717) is 12.3 Å². The molecule has 1 N–H and O–H groups in total. The highest BCUT2D eigenvalue weighted by molar-refractivity contribution is 5.85. The van der Waals surface area contributed by atoms with Gasteiger partial charge in [-0.25, -0.2) is 0 Å². The molecular weight excluding hydrogens is 321 g/mol. The van der Waals surface area contributed by atoms with Crippen LogP contribution in [0.1, 0.15) is 44.9 Å². The Bertz CT molecular complexity index is 291. The summed E-state index contributed by atoms with van der Waals surface area (Å²) in [5.74, 6) is 1.26. The molecule has 1 amide bonds. The number of nitrogens with zero attached hydrogens (tertiary/aromatic N) is 2. The number of hydrogen-bond donors (Lipinski definition) is 1. The molecule has 2 aliphatic rings. The van der Waals surface area contributed by atoms with Crippen molar-refractivity contribution in [2.24, 2.45) is 5.92 Å². The minimum Gasteiger partial charge on any atom is -0.340 e. The SMILES string of the molecule is CNCCCC(=O)N1CCN(CC2CCCCC2)CC1.Cl.Cl. The number of halogens is 2. The zero-order chi connectivity index (χ0) is 14.2. The first kappa shape index (κ1) is 22.0. The smallest absolute Gasteiger partial charge is 0.222 e.